The van der Waals surface area contributed by atoms with Crippen LogP contribution in [0.4, 0.5) is 11.4 Å². The molecule has 5 aromatic carbocycles. The Hall–Kier alpha value is -5.20. The lowest BCUT2D eigenvalue weighted by molar-refractivity contribution is -0.122. The Labute approximate surface area is 272 Å². The summed E-state index contributed by atoms with van der Waals surface area (Å²) in [6.07, 6.45) is 0.967. The Morgan fingerprint density at radius 2 is 1.59 bits per heavy atom. The highest BCUT2D eigenvalue weighted by molar-refractivity contribution is 6.30. The Morgan fingerprint density at radius 3 is 2.43 bits per heavy atom. The maximum Gasteiger partial charge on any atom is 0.343 e. The summed E-state index contributed by atoms with van der Waals surface area (Å²) in [7, 11) is 0. The zero-order valence-electron chi connectivity index (χ0n) is 24.9. The number of ether oxygens (including phenoxy) is 2. The third-order valence-electron chi connectivity index (χ3n) is 8.53. The van der Waals surface area contributed by atoms with Crippen LogP contribution in [-0.4, -0.2) is 17.5 Å². The van der Waals surface area contributed by atoms with Gasteiger partial charge >= 0.3 is 5.97 Å². The minimum atomic E-state index is -0.497. The molecule has 6 nitrogen and oxygen atoms in total. The van der Waals surface area contributed by atoms with Gasteiger partial charge in [0.05, 0.1) is 28.9 Å². The molecule has 7 heteroatoms. The molecule has 0 saturated heterocycles. The van der Waals surface area contributed by atoms with Gasteiger partial charge in [0.15, 0.2) is 0 Å². The summed E-state index contributed by atoms with van der Waals surface area (Å²) in [5.74, 6) is 0.208. The zero-order chi connectivity index (χ0) is 31.5. The van der Waals surface area contributed by atoms with Crippen molar-refractivity contribution in [3.05, 3.63) is 155 Å². The predicted molar refractivity (Wildman–Crippen MR) is 180 cm³/mol. The molecule has 0 spiro atoms. The van der Waals surface area contributed by atoms with Crippen LogP contribution in [0.5, 0.6) is 11.5 Å². The molecule has 7 rings (SSSR count). The van der Waals surface area contributed by atoms with E-state index >= 15 is 0 Å². The number of para-hydroxylation sites is 3. The van der Waals surface area contributed by atoms with Crippen molar-refractivity contribution in [3.8, 4) is 11.5 Å². The molecule has 1 aliphatic carbocycles. The van der Waals surface area contributed by atoms with Crippen molar-refractivity contribution in [2.75, 3.05) is 5.32 Å². The van der Waals surface area contributed by atoms with Gasteiger partial charge in [-0.05, 0) is 83.6 Å². The second kappa shape index (κ2) is 13.0. The number of ketones is 1. The number of rotatable bonds is 7. The molecular weight excluding hydrogens is 596 g/mol. The van der Waals surface area contributed by atoms with Gasteiger partial charge in [-0.3, -0.25) is 9.79 Å². The number of hydrogen-bond donors (Lipinski definition) is 1. The predicted octanol–water partition coefficient (Wildman–Crippen LogP) is 9.14. The van der Waals surface area contributed by atoms with Crippen molar-refractivity contribution in [1.82, 2.24) is 0 Å². The second-order valence-electron chi connectivity index (χ2n) is 11.6. The minimum absolute atomic E-state index is 0.0768. The van der Waals surface area contributed by atoms with Gasteiger partial charge in [0.2, 0.25) is 0 Å². The van der Waals surface area contributed by atoms with E-state index in [1.54, 1.807) is 30.3 Å². The van der Waals surface area contributed by atoms with Crippen LogP contribution >= 0.6 is 11.6 Å². The summed E-state index contributed by atoms with van der Waals surface area (Å²) in [5, 5.41) is 4.15. The smallest absolute Gasteiger partial charge is 0.343 e. The van der Waals surface area contributed by atoms with E-state index in [4.69, 9.17) is 26.1 Å². The summed E-state index contributed by atoms with van der Waals surface area (Å²) in [5.41, 5.74) is 5.76. The minimum Gasteiger partial charge on any atom is -0.489 e. The number of esters is 1. The standard InChI is InChI=1S/C39H31ClN2O4/c40-29-19-17-26(18-20-29)39(44)46-30-12-8-11-27(21-30)38-37-34(41-32-14-5-6-15-33(32)42-38)22-28(23-35(37)43)31-13-4-7-16-36(31)45-24-25-9-2-1-3-10-25/h1-21,28,37-38,42H,22-24H2. The van der Waals surface area contributed by atoms with Gasteiger partial charge in [-0.2, -0.15) is 0 Å². The number of halogens is 1. The van der Waals surface area contributed by atoms with E-state index in [0.29, 0.717) is 35.8 Å². The number of fused-ring (bicyclic) bond motifs is 2. The Kier molecular flexibility index (Phi) is 8.36. The van der Waals surface area contributed by atoms with Crippen molar-refractivity contribution in [1.29, 1.82) is 0 Å². The van der Waals surface area contributed by atoms with Gasteiger partial charge in [0.25, 0.3) is 0 Å². The lowest BCUT2D eigenvalue weighted by Crippen LogP contribution is -2.38. The van der Waals surface area contributed by atoms with Crippen LogP contribution in [0, 0.1) is 5.92 Å². The van der Waals surface area contributed by atoms with E-state index in [1.165, 1.54) is 0 Å². The molecule has 1 N–H and O–H groups in total. The highest BCUT2D eigenvalue weighted by atomic mass is 35.5. The first kappa shape index (κ1) is 29.5. The van der Waals surface area contributed by atoms with Crippen molar-refractivity contribution in [2.24, 2.45) is 10.9 Å². The topological polar surface area (TPSA) is 77.0 Å². The maximum absolute atomic E-state index is 14.2. The van der Waals surface area contributed by atoms with Crippen LogP contribution in [0.2, 0.25) is 5.02 Å². The SMILES string of the molecule is O=C(Oc1cccc(C2Nc3ccccc3N=C3CC(c4ccccc4OCc4ccccc4)CC(=O)C32)c1)c1ccc(Cl)cc1. The summed E-state index contributed by atoms with van der Waals surface area (Å²) in [6.45, 7) is 0.445. The third-order valence-corrected chi connectivity index (χ3v) is 8.78. The van der Waals surface area contributed by atoms with Crippen molar-refractivity contribution in [2.45, 2.75) is 31.4 Å². The third kappa shape index (κ3) is 6.30. The van der Waals surface area contributed by atoms with Crippen molar-refractivity contribution >= 4 is 40.4 Å². The maximum atomic E-state index is 14.2. The van der Waals surface area contributed by atoms with Crippen LogP contribution in [0.1, 0.15) is 51.8 Å². The van der Waals surface area contributed by atoms with Gasteiger partial charge in [-0.15, -0.1) is 0 Å². The summed E-state index contributed by atoms with van der Waals surface area (Å²) >= 11 is 5.99. The molecule has 3 atom stereocenters. The number of Topliss-reactive ketones (excluding diaryl/α,β-unsaturated/α-hetero) is 1. The number of anilines is 1. The molecule has 3 unspecified atom stereocenters. The van der Waals surface area contributed by atoms with Gasteiger partial charge in [0.1, 0.15) is 23.9 Å². The van der Waals surface area contributed by atoms with E-state index < -0.39 is 17.9 Å². The number of carbonyl (C=O) groups is 2. The quantitative estimate of drug-likeness (QED) is 0.144. The fourth-order valence-electron chi connectivity index (χ4n) is 6.30. The molecule has 0 amide bonds. The number of carbonyl (C=O) groups excluding carboxylic acids is 2. The molecule has 1 fully saturated rings. The van der Waals surface area contributed by atoms with Crippen LogP contribution < -0.4 is 14.8 Å². The van der Waals surface area contributed by atoms with Crippen molar-refractivity contribution < 1.29 is 19.1 Å². The van der Waals surface area contributed by atoms with Crippen molar-refractivity contribution in [3.63, 3.8) is 0 Å². The average molecular weight is 627 g/mol. The molecule has 0 aromatic heterocycles. The van der Waals surface area contributed by atoms with Crippen LogP contribution in [-0.2, 0) is 11.4 Å². The van der Waals surface area contributed by atoms with E-state index in [-0.39, 0.29) is 11.7 Å². The number of aliphatic imine (C=N–C) groups is 1. The van der Waals surface area contributed by atoms with Crippen LogP contribution in [0.15, 0.2) is 132 Å². The van der Waals surface area contributed by atoms with Gasteiger partial charge in [-0.25, -0.2) is 4.79 Å². The number of hydrogen-bond acceptors (Lipinski definition) is 6. The van der Waals surface area contributed by atoms with Crippen LogP contribution in [0.3, 0.4) is 0 Å². The molecule has 1 saturated carbocycles. The molecule has 2 aliphatic rings. The zero-order valence-corrected chi connectivity index (χ0v) is 25.7. The van der Waals surface area contributed by atoms with E-state index in [0.717, 1.165) is 39.5 Å². The Morgan fingerprint density at radius 1 is 0.826 bits per heavy atom. The molecule has 1 aliphatic heterocycles. The first-order valence-electron chi connectivity index (χ1n) is 15.3. The Balaban J connectivity index is 1.18. The number of nitrogens with zero attached hydrogens (tertiary/aromatic N) is 1. The lowest BCUT2D eigenvalue weighted by Gasteiger charge is -2.34. The van der Waals surface area contributed by atoms with E-state index in [2.05, 4.69) is 11.4 Å². The summed E-state index contributed by atoms with van der Waals surface area (Å²) in [6, 6.07) is 39.4. The monoisotopic (exact) mass is 626 g/mol. The normalized spacial score (nSPS) is 18.7. The summed E-state index contributed by atoms with van der Waals surface area (Å²) < 4.78 is 12.0. The lowest BCUT2D eigenvalue weighted by atomic mass is 9.72. The molecule has 0 bridgehead atoms. The molecule has 46 heavy (non-hydrogen) atoms. The molecule has 5 aromatic rings. The average Bonchev–Trinajstić information content (AvgIpc) is 3.25. The summed E-state index contributed by atoms with van der Waals surface area (Å²) in [4.78, 5) is 32.2. The Bertz CT molecular complexity index is 1920. The molecule has 0 radical (unpaired) electrons. The van der Waals surface area contributed by atoms with Crippen LogP contribution in [0.25, 0.3) is 0 Å². The first-order valence-corrected chi connectivity index (χ1v) is 15.7. The highest BCUT2D eigenvalue weighted by Gasteiger charge is 2.42. The first-order chi connectivity index (χ1) is 22.5. The fraction of sp³-hybridized carbons (Fsp3) is 0.154. The van der Waals surface area contributed by atoms with E-state index in [1.807, 2.05) is 91.0 Å². The largest absolute Gasteiger partial charge is 0.489 e. The number of nitrogens with one attached hydrogen (secondary N) is 1. The number of benzene rings is 5. The highest BCUT2D eigenvalue weighted by Crippen LogP contribution is 2.45. The second-order valence-corrected chi connectivity index (χ2v) is 12.0. The van der Waals surface area contributed by atoms with Gasteiger partial charge in [0, 0.05) is 17.2 Å². The van der Waals surface area contributed by atoms with Gasteiger partial charge < -0.3 is 14.8 Å². The molecule has 228 valence electrons. The van der Waals surface area contributed by atoms with E-state index in [9.17, 15) is 9.59 Å². The van der Waals surface area contributed by atoms with Gasteiger partial charge in [-0.1, -0.05) is 84.4 Å². The fourth-order valence-corrected chi connectivity index (χ4v) is 6.43. The molecular formula is C39H31ClN2O4. The molecule has 1 heterocycles.